The number of nitrogens with zero attached hydrogens (tertiary/aromatic N) is 1. The highest BCUT2D eigenvalue weighted by Crippen LogP contribution is 2.35. The zero-order chi connectivity index (χ0) is 14.7. The smallest absolute Gasteiger partial charge is 0.335 e. The number of nitrogens with one attached hydrogen (secondary N) is 1. The fourth-order valence-corrected chi connectivity index (χ4v) is 2.96. The highest BCUT2D eigenvalue weighted by Gasteiger charge is 2.10. The summed E-state index contributed by atoms with van der Waals surface area (Å²) in [4.78, 5) is 16.4. The molecule has 0 aliphatic carbocycles. The summed E-state index contributed by atoms with van der Waals surface area (Å²) >= 11 is 1.49. The number of carboxylic acids is 1. The fraction of sp³-hybridized carbons (Fsp3) is 0.125. The minimum atomic E-state index is -0.916. The lowest BCUT2D eigenvalue weighted by Gasteiger charge is -2.14. The highest BCUT2D eigenvalue weighted by atomic mass is 32.2. The topological polar surface area (TPSA) is 61.7 Å². The van der Waals surface area contributed by atoms with Crippen molar-refractivity contribution in [1.29, 1.82) is 0 Å². The van der Waals surface area contributed by atoms with Crippen LogP contribution >= 0.6 is 11.9 Å². The largest absolute Gasteiger partial charge is 0.478 e. The molecular weight excluding hydrogens is 284 g/mol. The maximum absolute atomic E-state index is 10.8. The summed E-state index contributed by atoms with van der Waals surface area (Å²) in [6.45, 7) is 0. The van der Waals surface area contributed by atoms with Crippen LogP contribution in [0.5, 0.6) is 0 Å². The van der Waals surface area contributed by atoms with E-state index in [1.54, 1.807) is 24.3 Å². The first-order chi connectivity index (χ1) is 10.2. The van der Waals surface area contributed by atoms with E-state index in [2.05, 4.69) is 15.8 Å². The van der Waals surface area contributed by atoms with Gasteiger partial charge in [0.15, 0.2) is 0 Å². The van der Waals surface area contributed by atoms with E-state index >= 15 is 0 Å². The van der Waals surface area contributed by atoms with E-state index in [0.29, 0.717) is 0 Å². The van der Waals surface area contributed by atoms with Crippen molar-refractivity contribution in [3.63, 3.8) is 0 Å². The van der Waals surface area contributed by atoms with Crippen LogP contribution in [0.15, 0.2) is 52.4 Å². The van der Waals surface area contributed by atoms with Crippen LogP contribution in [-0.2, 0) is 6.42 Å². The van der Waals surface area contributed by atoms with E-state index in [0.717, 1.165) is 29.1 Å². The average Bonchev–Trinajstić information content (AvgIpc) is 2.53. The van der Waals surface area contributed by atoms with Gasteiger partial charge in [0.1, 0.15) is 0 Å². The SMILES string of the molecule is O=C(O)c1ccc(NSc2cccc3c2N=CCC3)cc1. The molecule has 0 atom stereocenters. The highest BCUT2D eigenvalue weighted by molar-refractivity contribution is 8.00. The first-order valence-electron chi connectivity index (χ1n) is 6.64. The van der Waals surface area contributed by atoms with Gasteiger partial charge >= 0.3 is 5.97 Å². The Morgan fingerprint density at radius 3 is 2.76 bits per heavy atom. The molecule has 1 aliphatic rings. The average molecular weight is 298 g/mol. The van der Waals surface area contributed by atoms with Gasteiger partial charge in [-0.25, -0.2) is 4.79 Å². The van der Waals surface area contributed by atoms with Crippen LogP contribution in [0.4, 0.5) is 11.4 Å². The molecule has 2 aromatic carbocycles. The Morgan fingerprint density at radius 2 is 2.00 bits per heavy atom. The molecule has 3 rings (SSSR count). The van der Waals surface area contributed by atoms with Gasteiger partial charge in [-0.05, 0) is 60.7 Å². The Balaban J connectivity index is 1.74. The monoisotopic (exact) mass is 298 g/mol. The van der Waals surface area contributed by atoms with E-state index < -0.39 is 5.97 Å². The molecule has 0 saturated carbocycles. The standard InChI is InChI=1S/C16H14N2O2S/c19-16(20)12-6-8-13(9-7-12)18-21-14-5-1-3-11-4-2-10-17-15(11)14/h1,3,5-10,18H,2,4H2,(H,19,20). The number of rotatable bonds is 4. The number of aliphatic imine (C=N–C) groups is 1. The maximum atomic E-state index is 10.8. The van der Waals surface area contributed by atoms with Gasteiger partial charge in [-0.1, -0.05) is 12.1 Å². The van der Waals surface area contributed by atoms with E-state index in [-0.39, 0.29) is 5.56 Å². The number of hydrogen-bond acceptors (Lipinski definition) is 4. The number of fused-ring (bicyclic) bond motifs is 1. The van der Waals surface area contributed by atoms with Gasteiger partial charge in [-0.3, -0.25) is 4.99 Å². The minimum Gasteiger partial charge on any atom is -0.478 e. The molecule has 0 fully saturated rings. The maximum Gasteiger partial charge on any atom is 0.335 e. The molecule has 1 aliphatic heterocycles. The third-order valence-electron chi connectivity index (χ3n) is 3.26. The van der Waals surface area contributed by atoms with Crippen molar-refractivity contribution in [3.8, 4) is 0 Å². The Labute approximate surface area is 127 Å². The number of aryl methyl sites for hydroxylation is 1. The van der Waals surface area contributed by atoms with Crippen molar-refractivity contribution in [2.45, 2.75) is 17.7 Å². The molecule has 0 aromatic heterocycles. The van der Waals surface area contributed by atoms with Crippen LogP contribution in [0.1, 0.15) is 22.3 Å². The number of carbonyl (C=O) groups is 1. The van der Waals surface area contributed by atoms with Gasteiger partial charge in [-0.2, -0.15) is 0 Å². The second-order valence-electron chi connectivity index (χ2n) is 4.70. The molecule has 1 heterocycles. The van der Waals surface area contributed by atoms with E-state index in [1.165, 1.54) is 17.5 Å². The van der Waals surface area contributed by atoms with Crippen molar-refractivity contribution in [3.05, 3.63) is 53.6 Å². The quantitative estimate of drug-likeness (QED) is 0.832. The third-order valence-corrected chi connectivity index (χ3v) is 4.14. The van der Waals surface area contributed by atoms with E-state index in [9.17, 15) is 4.79 Å². The van der Waals surface area contributed by atoms with Crippen LogP contribution in [0, 0.1) is 0 Å². The number of anilines is 1. The molecule has 5 heteroatoms. The Hall–Kier alpha value is -2.27. The van der Waals surface area contributed by atoms with Gasteiger partial charge < -0.3 is 9.83 Å². The zero-order valence-electron chi connectivity index (χ0n) is 11.2. The summed E-state index contributed by atoms with van der Waals surface area (Å²) < 4.78 is 3.23. The van der Waals surface area contributed by atoms with Gasteiger partial charge in [0.2, 0.25) is 0 Å². The summed E-state index contributed by atoms with van der Waals surface area (Å²) in [7, 11) is 0. The lowest BCUT2D eigenvalue weighted by Crippen LogP contribution is -1.97. The molecule has 2 N–H and O–H groups in total. The minimum absolute atomic E-state index is 0.284. The van der Waals surface area contributed by atoms with Gasteiger partial charge in [-0.15, -0.1) is 0 Å². The van der Waals surface area contributed by atoms with Crippen molar-refractivity contribution in [2.75, 3.05) is 4.72 Å². The summed E-state index contributed by atoms with van der Waals surface area (Å²) in [5, 5.41) is 8.87. The number of aromatic carboxylic acids is 1. The first kappa shape index (κ1) is 13.7. The van der Waals surface area contributed by atoms with Gasteiger partial charge in [0.25, 0.3) is 0 Å². The van der Waals surface area contributed by atoms with Crippen molar-refractivity contribution < 1.29 is 9.90 Å². The van der Waals surface area contributed by atoms with Crippen molar-refractivity contribution in [2.24, 2.45) is 4.99 Å². The van der Waals surface area contributed by atoms with Crippen LogP contribution in [0.25, 0.3) is 0 Å². The number of benzene rings is 2. The molecule has 4 nitrogen and oxygen atoms in total. The molecule has 0 bridgehead atoms. The number of carboxylic acid groups (broad SMARTS) is 1. The molecule has 0 spiro atoms. The molecule has 106 valence electrons. The number of para-hydroxylation sites is 1. The predicted molar refractivity (Wildman–Crippen MR) is 85.8 cm³/mol. The number of hydrogen-bond donors (Lipinski definition) is 2. The Morgan fingerprint density at radius 1 is 1.19 bits per heavy atom. The second kappa shape index (κ2) is 6.01. The van der Waals surface area contributed by atoms with Gasteiger partial charge in [0, 0.05) is 11.9 Å². The van der Waals surface area contributed by atoms with Crippen molar-refractivity contribution >= 4 is 35.5 Å². The summed E-state index contributed by atoms with van der Waals surface area (Å²) in [5.74, 6) is -0.916. The molecule has 2 aromatic rings. The normalized spacial score (nSPS) is 12.8. The van der Waals surface area contributed by atoms with Crippen LogP contribution < -0.4 is 4.72 Å². The second-order valence-corrected chi connectivity index (χ2v) is 5.55. The van der Waals surface area contributed by atoms with E-state index in [1.807, 2.05) is 18.3 Å². The van der Waals surface area contributed by atoms with Crippen molar-refractivity contribution in [1.82, 2.24) is 0 Å². The Bertz CT molecular complexity index is 696. The molecule has 21 heavy (non-hydrogen) atoms. The predicted octanol–water partition coefficient (Wildman–Crippen LogP) is 4.15. The summed E-state index contributed by atoms with van der Waals surface area (Å²) in [5.41, 5.74) is 3.45. The molecule has 0 amide bonds. The van der Waals surface area contributed by atoms with E-state index in [4.69, 9.17) is 5.11 Å². The zero-order valence-corrected chi connectivity index (χ0v) is 12.1. The van der Waals surface area contributed by atoms with Gasteiger partial charge in [0.05, 0.1) is 16.1 Å². The molecular formula is C16H14N2O2S. The fourth-order valence-electron chi connectivity index (χ4n) is 2.17. The molecule has 0 saturated heterocycles. The van der Waals surface area contributed by atoms with Crippen LogP contribution in [-0.4, -0.2) is 17.3 Å². The van der Waals surface area contributed by atoms with Crippen LogP contribution in [0.3, 0.4) is 0 Å². The third kappa shape index (κ3) is 3.08. The lowest BCUT2D eigenvalue weighted by atomic mass is 10.1. The first-order valence-corrected chi connectivity index (χ1v) is 7.46. The summed E-state index contributed by atoms with van der Waals surface area (Å²) in [6.07, 6.45) is 3.97. The van der Waals surface area contributed by atoms with Crippen LogP contribution in [0.2, 0.25) is 0 Å². The molecule has 0 radical (unpaired) electrons. The summed E-state index contributed by atoms with van der Waals surface area (Å²) in [6, 6.07) is 12.9. The molecule has 0 unspecified atom stereocenters. The Kier molecular flexibility index (Phi) is 3.92. The lowest BCUT2D eigenvalue weighted by molar-refractivity contribution is 0.0697.